The Morgan fingerprint density at radius 2 is 2.33 bits per heavy atom. The first kappa shape index (κ1) is 13.2. The van der Waals surface area contributed by atoms with E-state index in [0.717, 1.165) is 31.9 Å². The molecule has 2 heterocycles. The molecule has 0 amide bonds. The number of piperidine rings is 1. The van der Waals surface area contributed by atoms with Crippen LogP contribution < -0.4 is 0 Å². The van der Waals surface area contributed by atoms with Gasteiger partial charge in [-0.05, 0) is 33.2 Å². The first-order chi connectivity index (χ1) is 8.70. The van der Waals surface area contributed by atoms with Crippen LogP contribution >= 0.6 is 0 Å². The molecule has 0 radical (unpaired) electrons. The molecule has 0 aromatic carbocycles. The van der Waals surface area contributed by atoms with Gasteiger partial charge in [-0.15, -0.1) is 0 Å². The highest BCUT2D eigenvalue weighted by Crippen LogP contribution is 2.21. The zero-order valence-corrected chi connectivity index (χ0v) is 11.3. The average Bonchev–Trinajstić information content (AvgIpc) is 2.78. The van der Waals surface area contributed by atoms with Gasteiger partial charge >= 0.3 is 0 Å². The van der Waals surface area contributed by atoms with E-state index < -0.39 is 0 Å². The summed E-state index contributed by atoms with van der Waals surface area (Å²) in [5.74, 6) is 1.29. The molecule has 0 N–H and O–H groups in total. The molecular weight excluding hydrogens is 228 g/mol. The quantitative estimate of drug-likeness (QED) is 0.797. The van der Waals surface area contributed by atoms with Crippen LogP contribution in [0.15, 0.2) is 6.33 Å². The lowest BCUT2D eigenvalue weighted by molar-refractivity contribution is -0.118. The van der Waals surface area contributed by atoms with E-state index in [4.69, 9.17) is 0 Å². The van der Waals surface area contributed by atoms with E-state index in [1.54, 1.807) is 13.3 Å². The van der Waals surface area contributed by atoms with Crippen LogP contribution in [0.4, 0.5) is 0 Å². The summed E-state index contributed by atoms with van der Waals surface area (Å²) in [6.45, 7) is 6.48. The first-order valence-corrected chi connectivity index (χ1v) is 6.81. The van der Waals surface area contributed by atoms with Crippen molar-refractivity contribution in [1.29, 1.82) is 0 Å². The van der Waals surface area contributed by atoms with Crippen LogP contribution in [0.25, 0.3) is 0 Å². The van der Waals surface area contributed by atoms with Gasteiger partial charge in [0.15, 0.2) is 0 Å². The van der Waals surface area contributed by atoms with Crippen molar-refractivity contribution in [2.75, 3.05) is 6.54 Å². The number of aromatic nitrogens is 3. The summed E-state index contributed by atoms with van der Waals surface area (Å²) in [5.41, 5.74) is 0. The maximum absolute atomic E-state index is 11.3. The Labute approximate surface area is 108 Å². The van der Waals surface area contributed by atoms with Crippen LogP contribution in [0.5, 0.6) is 0 Å². The molecule has 1 fully saturated rings. The number of hydrogen-bond donors (Lipinski definition) is 0. The first-order valence-electron chi connectivity index (χ1n) is 6.81. The van der Waals surface area contributed by atoms with Gasteiger partial charge in [0.2, 0.25) is 0 Å². The van der Waals surface area contributed by atoms with Gasteiger partial charge in [0.1, 0.15) is 17.9 Å². The molecule has 5 nitrogen and oxygen atoms in total. The molecule has 0 spiro atoms. The van der Waals surface area contributed by atoms with Crippen LogP contribution in [-0.2, 0) is 17.9 Å². The molecule has 0 saturated carbocycles. The second-order valence-electron chi connectivity index (χ2n) is 5.02. The summed E-state index contributed by atoms with van der Waals surface area (Å²) in [6, 6.07) is 0.387. The highest BCUT2D eigenvalue weighted by Gasteiger charge is 2.24. The summed E-state index contributed by atoms with van der Waals surface area (Å²) < 4.78 is 1.93. The Kier molecular flexibility index (Phi) is 4.47. The minimum absolute atomic E-state index is 0.281. The van der Waals surface area contributed by atoms with Gasteiger partial charge in [0.25, 0.3) is 0 Å². The van der Waals surface area contributed by atoms with Crippen LogP contribution in [0, 0.1) is 0 Å². The fourth-order valence-electron chi connectivity index (χ4n) is 2.69. The fraction of sp³-hybridized carbons (Fsp3) is 0.769. The van der Waals surface area contributed by atoms with Crippen molar-refractivity contribution in [2.24, 2.45) is 0 Å². The van der Waals surface area contributed by atoms with Gasteiger partial charge in [-0.25, -0.2) is 9.67 Å². The molecule has 18 heavy (non-hydrogen) atoms. The molecule has 0 bridgehead atoms. The van der Waals surface area contributed by atoms with Gasteiger partial charge in [0.05, 0.1) is 6.54 Å². The number of hydrogen-bond acceptors (Lipinski definition) is 4. The molecule has 0 aliphatic carbocycles. The third-order valence-corrected chi connectivity index (χ3v) is 3.61. The highest BCUT2D eigenvalue weighted by molar-refractivity contribution is 5.76. The molecule has 1 saturated heterocycles. The lowest BCUT2D eigenvalue weighted by Crippen LogP contribution is -2.40. The van der Waals surface area contributed by atoms with Crippen molar-refractivity contribution in [3.63, 3.8) is 0 Å². The number of carbonyl (C=O) groups is 1. The van der Waals surface area contributed by atoms with Gasteiger partial charge in [-0.2, -0.15) is 5.10 Å². The predicted molar refractivity (Wildman–Crippen MR) is 69.0 cm³/mol. The molecule has 1 aromatic heterocycles. The van der Waals surface area contributed by atoms with Crippen LogP contribution in [0.1, 0.15) is 45.4 Å². The van der Waals surface area contributed by atoms with Crippen molar-refractivity contribution >= 4 is 5.78 Å². The van der Waals surface area contributed by atoms with Gasteiger partial charge in [-0.1, -0.05) is 6.42 Å². The standard InChI is InChI=1S/C13H22N4O/c1-3-17-13(14-10-15-17)9-16-7-5-4-6-12(16)8-11(2)18/h10,12H,3-9H2,1-2H3. The molecule has 2 rings (SSSR count). The predicted octanol–water partition coefficient (Wildman–Crippen LogP) is 1.63. The summed E-state index contributed by atoms with van der Waals surface area (Å²) in [6.07, 6.45) is 5.85. The third-order valence-electron chi connectivity index (χ3n) is 3.61. The SMILES string of the molecule is CCn1ncnc1CN1CCCCC1CC(C)=O. The summed E-state index contributed by atoms with van der Waals surface area (Å²) >= 11 is 0. The molecule has 100 valence electrons. The molecule has 5 heteroatoms. The number of ketones is 1. The number of rotatable bonds is 5. The Bertz CT molecular complexity index is 401. The minimum Gasteiger partial charge on any atom is -0.300 e. The maximum Gasteiger partial charge on any atom is 0.141 e. The van der Waals surface area contributed by atoms with E-state index in [-0.39, 0.29) is 5.78 Å². The van der Waals surface area contributed by atoms with Crippen LogP contribution in [-0.4, -0.2) is 38.0 Å². The Hall–Kier alpha value is -1.23. The number of likely N-dealkylation sites (tertiary alicyclic amines) is 1. The van der Waals surface area contributed by atoms with Gasteiger partial charge in [0, 0.05) is 19.0 Å². The molecule has 1 unspecified atom stereocenters. The number of carbonyl (C=O) groups excluding carboxylic acids is 1. The molecule has 1 aliphatic rings. The Morgan fingerprint density at radius 3 is 3.06 bits per heavy atom. The Balaban J connectivity index is 2.03. The Morgan fingerprint density at radius 1 is 1.50 bits per heavy atom. The minimum atomic E-state index is 0.281. The monoisotopic (exact) mass is 250 g/mol. The van der Waals surface area contributed by atoms with Gasteiger partial charge < -0.3 is 0 Å². The topological polar surface area (TPSA) is 51.0 Å². The number of Topliss-reactive ketones (excluding diaryl/α,β-unsaturated/α-hetero) is 1. The zero-order chi connectivity index (χ0) is 13.0. The largest absolute Gasteiger partial charge is 0.300 e. The molecule has 1 atom stereocenters. The maximum atomic E-state index is 11.3. The van der Waals surface area contributed by atoms with Crippen molar-refractivity contribution < 1.29 is 4.79 Å². The summed E-state index contributed by atoms with van der Waals surface area (Å²) in [4.78, 5) is 18.0. The van der Waals surface area contributed by atoms with Crippen molar-refractivity contribution in [2.45, 2.75) is 58.7 Å². The summed E-state index contributed by atoms with van der Waals surface area (Å²) in [7, 11) is 0. The second kappa shape index (κ2) is 6.09. The smallest absolute Gasteiger partial charge is 0.141 e. The number of nitrogens with zero attached hydrogens (tertiary/aromatic N) is 4. The summed E-state index contributed by atoms with van der Waals surface area (Å²) in [5, 5.41) is 4.20. The normalized spacial score (nSPS) is 21.1. The van der Waals surface area contributed by atoms with Crippen molar-refractivity contribution in [1.82, 2.24) is 19.7 Å². The van der Waals surface area contributed by atoms with E-state index >= 15 is 0 Å². The average molecular weight is 250 g/mol. The van der Waals surface area contributed by atoms with Crippen LogP contribution in [0.2, 0.25) is 0 Å². The lowest BCUT2D eigenvalue weighted by atomic mass is 9.98. The zero-order valence-electron chi connectivity index (χ0n) is 11.3. The van der Waals surface area contributed by atoms with E-state index in [0.29, 0.717) is 12.5 Å². The van der Waals surface area contributed by atoms with Crippen molar-refractivity contribution in [3.8, 4) is 0 Å². The van der Waals surface area contributed by atoms with E-state index in [1.165, 1.54) is 12.8 Å². The second-order valence-corrected chi connectivity index (χ2v) is 5.02. The fourth-order valence-corrected chi connectivity index (χ4v) is 2.69. The highest BCUT2D eigenvalue weighted by atomic mass is 16.1. The van der Waals surface area contributed by atoms with Gasteiger partial charge in [-0.3, -0.25) is 9.69 Å². The number of aryl methyl sites for hydroxylation is 1. The van der Waals surface area contributed by atoms with Crippen molar-refractivity contribution in [3.05, 3.63) is 12.2 Å². The van der Waals surface area contributed by atoms with Crippen LogP contribution in [0.3, 0.4) is 0 Å². The van der Waals surface area contributed by atoms with E-state index in [2.05, 4.69) is 21.9 Å². The lowest BCUT2D eigenvalue weighted by Gasteiger charge is -2.34. The molecule has 1 aliphatic heterocycles. The molecular formula is C13H22N4O. The van der Waals surface area contributed by atoms with E-state index in [9.17, 15) is 4.79 Å². The third kappa shape index (κ3) is 3.16. The molecule has 1 aromatic rings. The van der Waals surface area contributed by atoms with E-state index in [1.807, 2.05) is 4.68 Å².